The lowest BCUT2D eigenvalue weighted by Crippen LogP contribution is -2.43. The van der Waals surface area contributed by atoms with Crippen LogP contribution in [0.1, 0.15) is 16.8 Å². The number of hydrogen-bond donors (Lipinski definition) is 3. The number of carbonyl (C=O) groups excluding carboxylic acids is 1. The molecule has 0 spiro atoms. The van der Waals surface area contributed by atoms with E-state index in [4.69, 9.17) is 10.5 Å². The van der Waals surface area contributed by atoms with Gasteiger partial charge in [-0.25, -0.2) is 8.78 Å². The van der Waals surface area contributed by atoms with E-state index in [0.717, 1.165) is 6.07 Å². The Labute approximate surface area is 108 Å². The van der Waals surface area contributed by atoms with Crippen LogP contribution in [0.3, 0.4) is 0 Å². The Morgan fingerprint density at radius 2 is 2.21 bits per heavy atom. The Morgan fingerprint density at radius 1 is 1.47 bits per heavy atom. The topological polar surface area (TPSA) is 84.6 Å². The average Bonchev–Trinajstić information content (AvgIpc) is 2.78. The van der Waals surface area contributed by atoms with Crippen molar-refractivity contribution in [1.29, 1.82) is 0 Å². The molecular formula is C12H14F2N2O3. The molecule has 2 rings (SSSR count). The summed E-state index contributed by atoms with van der Waals surface area (Å²) in [5, 5.41) is 12.3. The maximum atomic E-state index is 13.4. The second kappa shape index (κ2) is 5.10. The number of amides is 1. The quantitative estimate of drug-likeness (QED) is 0.697. The summed E-state index contributed by atoms with van der Waals surface area (Å²) in [4.78, 5) is 11.7. The van der Waals surface area contributed by atoms with E-state index >= 15 is 0 Å². The zero-order chi connectivity index (χ0) is 14.0. The maximum Gasteiger partial charge on any atom is 0.254 e. The highest BCUT2D eigenvalue weighted by molar-refractivity contribution is 5.95. The van der Waals surface area contributed by atoms with Crippen molar-refractivity contribution in [3.8, 4) is 0 Å². The molecule has 1 fully saturated rings. The van der Waals surface area contributed by atoms with Crippen molar-refractivity contribution in [2.24, 2.45) is 0 Å². The third kappa shape index (κ3) is 2.99. The number of nitrogen functional groups attached to an aromatic ring is 1. The van der Waals surface area contributed by atoms with Crippen molar-refractivity contribution in [2.45, 2.75) is 12.0 Å². The van der Waals surface area contributed by atoms with E-state index in [1.54, 1.807) is 0 Å². The van der Waals surface area contributed by atoms with Gasteiger partial charge in [-0.1, -0.05) is 0 Å². The lowest BCUT2D eigenvalue weighted by atomic mass is 10.0. The summed E-state index contributed by atoms with van der Waals surface area (Å²) in [5.41, 5.74) is 3.47. The van der Waals surface area contributed by atoms with Crippen LogP contribution in [0, 0.1) is 11.6 Å². The molecule has 7 heteroatoms. The number of ether oxygens (including phenoxy) is 1. The van der Waals surface area contributed by atoms with Crippen LogP contribution in [0.15, 0.2) is 12.1 Å². The third-order valence-electron chi connectivity index (χ3n) is 2.99. The number of rotatable bonds is 3. The van der Waals surface area contributed by atoms with E-state index in [-0.39, 0.29) is 24.4 Å². The summed E-state index contributed by atoms with van der Waals surface area (Å²) >= 11 is 0. The predicted molar refractivity (Wildman–Crippen MR) is 63.5 cm³/mol. The van der Waals surface area contributed by atoms with Gasteiger partial charge in [0.05, 0.1) is 17.9 Å². The van der Waals surface area contributed by atoms with Crippen LogP contribution in [-0.4, -0.2) is 36.4 Å². The third-order valence-corrected chi connectivity index (χ3v) is 2.99. The molecule has 0 saturated carbocycles. The number of aliphatic hydroxyl groups is 1. The lowest BCUT2D eigenvalue weighted by molar-refractivity contribution is 0.0264. The Kier molecular flexibility index (Phi) is 3.68. The van der Waals surface area contributed by atoms with Gasteiger partial charge in [0.1, 0.15) is 17.2 Å². The van der Waals surface area contributed by atoms with E-state index in [0.29, 0.717) is 19.1 Å². The van der Waals surface area contributed by atoms with Gasteiger partial charge < -0.3 is 20.9 Å². The van der Waals surface area contributed by atoms with Gasteiger partial charge in [-0.05, 0) is 6.07 Å². The maximum absolute atomic E-state index is 13.4. The molecule has 1 aromatic carbocycles. The van der Waals surface area contributed by atoms with Crippen LogP contribution >= 0.6 is 0 Å². The van der Waals surface area contributed by atoms with Crippen molar-refractivity contribution in [3.05, 3.63) is 29.3 Å². The minimum Gasteiger partial charge on any atom is -0.396 e. The number of benzene rings is 1. The molecule has 4 N–H and O–H groups in total. The first-order valence-corrected chi connectivity index (χ1v) is 5.74. The first-order valence-electron chi connectivity index (χ1n) is 5.74. The van der Waals surface area contributed by atoms with Crippen molar-refractivity contribution >= 4 is 11.6 Å². The Balaban J connectivity index is 2.06. The molecule has 1 atom stereocenters. The van der Waals surface area contributed by atoms with E-state index < -0.39 is 23.1 Å². The monoisotopic (exact) mass is 272 g/mol. The fourth-order valence-corrected chi connectivity index (χ4v) is 1.82. The van der Waals surface area contributed by atoms with Crippen LogP contribution in [0.4, 0.5) is 14.5 Å². The highest BCUT2D eigenvalue weighted by Gasteiger charge is 2.32. The molecule has 0 bridgehead atoms. The smallest absolute Gasteiger partial charge is 0.254 e. The van der Waals surface area contributed by atoms with E-state index in [2.05, 4.69) is 5.32 Å². The van der Waals surface area contributed by atoms with Gasteiger partial charge in [0.25, 0.3) is 5.91 Å². The molecule has 1 aliphatic heterocycles. The summed E-state index contributed by atoms with van der Waals surface area (Å²) in [6, 6.07) is 1.48. The second-order valence-electron chi connectivity index (χ2n) is 4.56. The van der Waals surface area contributed by atoms with Crippen LogP contribution in [0.2, 0.25) is 0 Å². The summed E-state index contributed by atoms with van der Waals surface area (Å²) in [5.74, 6) is -2.68. The lowest BCUT2D eigenvalue weighted by Gasteiger charge is -2.20. The molecular weight excluding hydrogens is 258 g/mol. The van der Waals surface area contributed by atoms with Gasteiger partial charge in [-0.3, -0.25) is 4.79 Å². The molecule has 0 aliphatic carbocycles. The predicted octanol–water partition coefficient (Wildman–Crippen LogP) is 0.428. The fraction of sp³-hybridized carbons (Fsp3) is 0.417. The van der Waals surface area contributed by atoms with E-state index in [1.165, 1.54) is 0 Å². The van der Waals surface area contributed by atoms with Crippen LogP contribution in [-0.2, 0) is 4.74 Å². The normalized spacial score (nSPS) is 22.5. The summed E-state index contributed by atoms with van der Waals surface area (Å²) in [6.07, 6.45) is 0.390. The SMILES string of the molecule is Nc1cc(C(=O)NCC2(O)CCOC2)c(F)cc1F. The van der Waals surface area contributed by atoms with Gasteiger partial charge in [0, 0.05) is 25.6 Å². The Bertz CT molecular complexity index is 502. The summed E-state index contributed by atoms with van der Waals surface area (Å²) in [6.45, 7) is 0.452. The Morgan fingerprint density at radius 3 is 2.84 bits per heavy atom. The second-order valence-corrected chi connectivity index (χ2v) is 4.56. The van der Waals surface area contributed by atoms with E-state index in [9.17, 15) is 18.7 Å². The van der Waals surface area contributed by atoms with Crippen LogP contribution in [0.25, 0.3) is 0 Å². The largest absolute Gasteiger partial charge is 0.396 e. The first-order chi connectivity index (χ1) is 8.91. The molecule has 1 amide bonds. The summed E-state index contributed by atoms with van der Waals surface area (Å²) in [7, 11) is 0. The molecule has 19 heavy (non-hydrogen) atoms. The van der Waals surface area contributed by atoms with Gasteiger partial charge >= 0.3 is 0 Å². The van der Waals surface area contributed by atoms with Gasteiger partial charge in [-0.15, -0.1) is 0 Å². The molecule has 0 aromatic heterocycles. The molecule has 1 aliphatic rings. The van der Waals surface area contributed by atoms with Crippen molar-refractivity contribution in [2.75, 3.05) is 25.5 Å². The molecule has 1 saturated heterocycles. The van der Waals surface area contributed by atoms with Gasteiger partial charge in [0.2, 0.25) is 0 Å². The highest BCUT2D eigenvalue weighted by Crippen LogP contribution is 2.19. The number of nitrogens with two attached hydrogens (primary N) is 1. The van der Waals surface area contributed by atoms with Crippen LogP contribution in [0.5, 0.6) is 0 Å². The zero-order valence-corrected chi connectivity index (χ0v) is 10.1. The number of nitrogens with one attached hydrogen (secondary N) is 1. The highest BCUT2D eigenvalue weighted by atomic mass is 19.1. The van der Waals surface area contributed by atoms with Gasteiger partial charge in [0.15, 0.2) is 0 Å². The minimum absolute atomic E-state index is 0.0669. The fourth-order valence-electron chi connectivity index (χ4n) is 1.82. The zero-order valence-electron chi connectivity index (χ0n) is 10.1. The molecule has 1 aromatic rings. The number of carbonyl (C=O) groups is 1. The van der Waals surface area contributed by atoms with Crippen molar-refractivity contribution in [1.82, 2.24) is 5.32 Å². The van der Waals surface area contributed by atoms with Crippen molar-refractivity contribution < 1.29 is 23.4 Å². The standard InChI is InChI=1S/C12H14F2N2O3/c13-8-4-9(14)10(15)3-7(8)11(17)16-5-12(18)1-2-19-6-12/h3-4,18H,1-2,5-6,15H2,(H,16,17). The van der Waals surface area contributed by atoms with Gasteiger partial charge in [-0.2, -0.15) is 0 Å². The molecule has 104 valence electrons. The molecule has 5 nitrogen and oxygen atoms in total. The number of halogens is 2. The van der Waals surface area contributed by atoms with Crippen molar-refractivity contribution in [3.63, 3.8) is 0 Å². The van der Waals surface area contributed by atoms with E-state index in [1.807, 2.05) is 0 Å². The Hall–Kier alpha value is -1.73. The number of hydrogen-bond acceptors (Lipinski definition) is 4. The summed E-state index contributed by atoms with van der Waals surface area (Å²) < 4.78 is 31.4. The average molecular weight is 272 g/mol. The number of anilines is 1. The molecule has 1 unspecified atom stereocenters. The van der Waals surface area contributed by atoms with Crippen LogP contribution < -0.4 is 11.1 Å². The molecule has 0 radical (unpaired) electrons. The molecule has 1 heterocycles. The minimum atomic E-state index is -1.14. The first kappa shape index (κ1) is 13.7.